The SMILES string of the molecule is CCOC(=O)C1=C(C)N(CC(=O)Nc2cccc(C)c2)c2ncnn2C1c1ccc(F)cc1. The lowest BCUT2D eigenvalue weighted by atomic mass is 9.95. The van der Waals surface area contributed by atoms with Crippen molar-refractivity contribution in [3.05, 3.63) is 83.1 Å². The maximum absolute atomic E-state index is 13.6. The first-order valence-electron chi connectivity index (χ1n) is 10.6. The van der Waals surface area contributed by atoms with E-state index in [0.29, 0.717) is 28.5 Å². The topological polar surface area (TPSA) is 89.3 Å². The van der Waals surface area contributed by atoms with Gasteiger partial charge in [-0.3, -0.25) is 4.79 Å². The Morgan fingerprint density at radius 2 is 1.91 bits per heavy atom. The van der Waals surface area contributed by atoms with E-state index in [1.165, 1.54) is 18.5 Å². The van der Waals surface area contributed by atoms with Crippen molar-refractivity contribution >= 4 is 23.5 Å². The van der Waals surface area contributed by atoms with Gasteiger partial charge in [-0.1, -0.05) is 24.3 Å². The summed E-state index contributed by atoms with van der Waals surface area (Å²) in [5, 5.41) is 7.19. The van der Waals surface area contributed by atoms with Crippen molar-refractivity contribution in [3.63, 3.8) is 0 Å². The van der Waals surface area contributed by atoms with Crippen LogP contribution in [0.15, 0.2) is 66.1 Å². The van der Waals surface area contributed by atoms with Crippen molar-refractivity contribution in [2.75, 3.05) is 23.4 Å². The molecule has 0 aliphatic carbocycles. The van der Waals surface area contributed by atoms with Gasteiger partial charge in [0.2, 0.25) is 11.9 Å². The van der Waals surface area contributed by atoms with Crippen LogP contribution in [-0.4, -0.2) is 39.8 Å². The van der Waals surface area contributed by atoms with Crippen LogP contribution in [0.3, 0.4) is 0 Å². The molecule has 33 heavy (non-hydrogen) atoms. The zero-order chi connectivity index (χ0) is 23.5. The van der Waals surface area contributed by atoms with E-state index in [4.69, 9.17) is 4.74 Å². The van der Waals surface area contributed by atoms with Gasteiger partial charge in [-0.05, 0) is 56.2 Å². The third-order valence-electron chi connectivity index (χ3n) is 5.39. The molecule has 0 saturated carbocycles. The Balaban J connectivity index is 1.73. The highest BCUT2D eigenvalue weighted by molar-refractivity contribution is 5.96. The van der Waals surface area contributed by atoms with E-state index < -0.39 is 12.0 Å². The second-order valence-corrected chi connectivity index (χ2v) is 7.68. The van der Waals surface area contributed by atoms with Gasteiger partial charge >= 0.3 is 5.97 Å². The lowest BCUT2D eigenvalue weighted by Gasteiger charge is -2.35. The van der Waals surface area contributed by atoms with Gasteiger partial charge in [-0.15, -0.1) is 0 Å². The highest BCUT2D eigenvalue weighted by atomic mass is 19.1. The van der Waals surface area contributed by atoms with Crippen LogP contribution in [0.2, 0.25) is 0 Å². The van der Waals surface area contributed by atoms with Gasteiger partial charge in [0.05, 0.1) is 12.2 Å². The Morgan fingerprint density at radius 1 is 1.15 bits per heavy atom. The summed E-state index contributed by atoms with van der Waals surface area (Å²) in [7, 11) is 0. The first-order chi connectivity index (χ1) is 15.9. The molecule has 1 unspecified atom stereocenters. The molecule has 2 aromatic carbocycles. The van der Waals surface area contributed by atoms with E-state index in [2.05, 4.69) is 15.4 Å². The molecule has 9 heteroatoms. The molecule has 0 spiro atoms. The van der Waals surface area contributed by atoms with Crippen LogP contribution in [-0.2, 0) is 14.3 Å². The standard InChI is InChI=1S/C24H24FN5O3/c1-4-33-23(32)21-16(3)29(13-20(31)28-19-7-5-6-15(2)12-19)24-26-14-27-30(24)22(21)17-8-10-18(25)11-9-17/h5-12,14,22H,4,13H2,1-3H3,(H,28,31). The van der Waals surface area contributed by atoms with Gasteiger partial charge in [0.15, 0.2) is 0 Å². The number of ether oxygens (including phenoxy) is 1. The van der Waals surface area contributed by atoms with E-state index in [0.717, 1.165) is 5.56 Å². The summed E-state index contributed by atoms with van der Waals surface area (Å²) in [4.78, 5) is 31.8. The van der Waals surface area contributed by atoms with Crippen LogP contribution < -0.4 is 10.2 Å². The first kappa shape index (κ1) is 22.2. The van der Waals surface area contributed by atoms with Crippen molar-refractivity contribution < 1.29 is 18.7 Å². The van der Waals surface area contributed by atoms with E-state index in [1.807, 2.05) is 25.1 Å². The van der Waals surface area contributed by atoms with Crippen molar-refractivity contribution in [1.82, 2.24) is 14.8 Å². The molecule has 1 aliphatic heterocycles. The predicted molar refractivity (Wildman–Crippen MR) is 121 cm³/mol. The smallest absolute Gasteiger partial charge is 0.338 e. The minimum Gasteiger partial charge on any atom is -0.463 e. The van der Waals surface area contributed by atoms with Crippen LogP contribution in [0.5, 0.6) is 0 Å². The molecule has 1 atom stereocenters. The zero-order valence-corrected chi connectivity index (χ0v) is 18.6. The van der Waals surface area contributed by atoms with Crippen molar-refractivity contribution in [2.24, 2.45) is 0 Å². The monoisotopic (exact) mass is 449 g/mol. The molecule has 0 fully saturated rings. The fourth-order valence-corrected chi connectivity index (χ4v) is 3.91. The number of amides is 1. The highest BCUT2D eigenvalue weighted by Gasteiger charge is 2.38. The van der Waals surface area contributed by atoms with Crippen LogP contribution in [0, 0.1) is 12.7 Å². The Bertz CT molecular complexity index is 1220. The lowest BCUT2D eigenvalue weighted by Crippen LogP contribution is -2.40. The Labute approximate surface area is 190 Å². The number of hydrogen-bond donors (Lipinski definition) is 1. The van der Waals surface area contributed by atoms with Crippen LogP contribution in [0.25, 0.3) is 0 Å². The average Bonchev–Trinajstić information content (AvgIpc) is 3.25. The minimum atomic E-state index is -0.668. The average molecular weight is 449 g/mol. The van der Waals surface area contributed by atoms with Crippen LogP contribution in [0.1, 0.15) is 31.0 Å². The number of esters is 1. The Morgan fingerprint density at radius 3 is 2.61 bits per heavy atom. The number of anilines is 2. The number of nitrogens with zero attached hydrogens (tertiary/aromatic N) is 4. The molecule has 1 aliphatic rings. The molecular formula is C24H24FN5O3. The Hall–Kier alpha value is -4.01. The summed E-state index contributed by atoms with van der Waals surface area (Å²) < 4.78 is 20.4. The summed E-state index contributed by atoms with van der Waals surface area (Å²) >= 11 is 0. The van der Waals surface area contributed by atoms with E-state index in [-0.39, 0.29) is 24.9 Å². The number of hydrogen-bond acceptors (Lipinski definition) is 6. The molecule has 4 rings (SSSR count). The van der Waals surface area contributed by atoms with Gasteiger partial charge in [-0.25, -0.2) is 13.9 Å². The van der Waals surface area contributed by atoms with Crippen LogP contribution >= 0.6 is 0 Å². The summed E-state index contributed by atoms with van der Waals surface area (Å²) in [5.41, 5.74) is 3.17. The number of fused-ring (bicyclic) bond motifs is 1. The molecule has 1 N–H and O–H groups in total. The summed E-state index contributed by atoms with van der Waals surface area (Å²) in [6, 6.07) is 12.7. The molecular weight excluding hydrogens is 425 g/mol. The fraction of sp³-hybridized carbons (Fsp3) is 0.250. The quantitative estimate of drug-likeness (QED) is 0.579. The Kier molecular flexibility index (Phi) is 6.21. The number of benzene rings is 2. The number of carbonyl (C=O) groups is 2. The lowest BCUT2D eigenvalue weighted by molar-refractivity contribution is -0.139. The summed E-state index contributed by atoms with van der Waals surface area (Å²) in [6.07, 6.45) is 1.36. The van der Waals surface area contributed by atoms with E-state index in [9.17, 15) is 14.0 Å². The van der Waals surface area contributed by atoms with Gasteiger partial charge in [-0.2, -0.15) is 10.1 Å². The number of carbonyl (C=O) groups excluding carboxylic acids is 2. The minimum absolute atomic E-state index is 0.0858. The molecule has 0 bridgehead atoms. The van der Waals surface area contributed by atoms with Gasteiger partial charge < -0.3 is 15.0 Å². The molecule has 170 valence electrons. The maximum Gasteiger partial charge on any atom is 0.338 e. The van der Waals surface area contributed by atoms with Gasteiger partial charge in [0, 0.05) is 11.4 Å². The van der Waals surface area contributed by atoms with Crippen molar-refractivity contribution in [3.8, 4) is 0 Å². The molecule has 8 nitrogen and oxygen atoms in total. The number of aryl methyl sites for hydroxylation is 1. The van der Waals surface area contributed by atoms with Gasteiger partial charge in [0.1, 0.15) is 24.7 Å². The number of nitrogens with one attached hydrogen (secondary N) is 1. The largest absolute Gasteiger partial charge is 0.463 e. The zero-order valence-electron chi connectivity index (χ0n) is 18.6. The second-order valence-electron chi connectivity index (χ2n) is 7.68. The van der Waals surface area contributed by atoms with Gasteiger partial charge in [0.25, 0.3) is 0 Å². The third kappa shape index (κ3) is 4.48. The normalized spacial score (nSPS) is 15.3. The molecule has 3 aromatic rings. The second kappa shape index (κ2) is 9.23. The number of allylic oxidation sites excluding steroid dienone is 1. The van der Waals surface area contributed by atoms with Crippen LogP contribution in [0.4, 0.5) is 16.0 Å². The molecule has 1 aromatic heterocycles. The van der Waals surface area contributed by atoms with E-state index in [1.54, 1.807) is 41.6 Å². The number of aromatic nitrogens is 3. The maximum atomic E-state index is 13.6. The van der Waals surface area contributed by atoms with E-state index >= 15 is 0 Å². The first-order valence-corrected chi connectivity index (χ1v) is 10.6. The fourth-order valence-electron chi connectivity index (χ4n) is 3.91. The summed E-state index contributed by atoms with van der Waals surface area (Å²) in [6.45, 7) is 5.50. The predicted octanol–water partition coefficient (Wildman–Crippen LogP) is 3.61. The number of halogens is 1. The van der Waals surface area contributed by atoms with Crippen molar-refractivity contribution in [1.29, 1.82) is 0 Å². The molecule has 2 heterocycles. The molecule has 1 amide bonds. The third-order valence-corrected chi connectivity index (χ3v) is 5.39. The highest BCUT2D eigenvalue weighted by Crippen LogP contribution is 2.38. The summed E-state index contributed by atoms with van der Waals surface area (Å²) in [5.74, 6) is -0.803. The molecule has 0 saturated heterocycles. The number of rotatable bonds is 6. The molecule has 0 radical (unpaired) electrons. The van der Waals surface area contributed by atoms with Crippen molar-refractivity contribution in [2.45, 2.75) is 26.8 Å².